The summed E-state index contributed by atoms with van der Waals surface area (Å²) in [5.41, 5.74) is 6.22. The van der Waals surface area contributed by atoms with Gasteiger partial charge >= 0.3 is 0 Å². The predicted octanol–water partition coefficient (Wildman–Crippen LogP) is 4.40. The van der Waals surface area contributed by atoms with E-state index in [2.05, 4.69) is 0 Å². The van der Waals surface area contributed by atoms with Crippen LogP contribution in [0.2, 0.25) is 5.02 Å². The number of hydrogen-bond acceptors (Lipinski definition) is 1. The normalized spacial score (nSPS) is 19.6. The third-order valence-electron chi connectivity index (χ3n) is 3.53. The van der Waals surface area contributed by atoms with E-state index in [9.17, 15) is 8.78 Å². The van der Waals surface area contributed by atoms with E-state index in [0.29, 0.717) is 10.6 Å². The maximum Gasteiger partial charge on any atom is 0.264 e. The van der Waals surface area contributed by atoms with E-state index in [-0.39, 0.29) is 5.56 Å². The molecule has 1 aliphatic rings. The molecule has 17 heavy (non-hydrogen) atoms. The van der Waals surface area contributed by atoms with Gasteiger partial charge in [0.05, 0.1) is 0 Å². The second kappa shape index (κ2) is 4.91. The molecule has 4 heteroatoms. The average molecular weight is 260 g/mol. The van der Waals surface area contributed by atoms with E-state index in [1.807, 2.05) is 0 Å². The molecule has 2 N–H and O–H groups in total. The van der Waals surface area contributed by atoms with Gasteiger partial charge in [0.2, 0.25) is 0 Å². The Morgan fingerprint density at radius 3 is 2.41 bits per heavy atom. The van der Waals surface area contributed by atoms with Gasteiger partial charge in [-0.3, -0.25) is 0 Å². The second-order valence-corrected chi connectivity index (χ2v) is 5.19. The van der Waals surface area contributed by atoms with Crippen LogP contribution in [0.4, 0.5) is 8.78 Å². The molecule has 0 amide bonds. The van der Waals surface area contributed by atoms with Crippen LogP contribution in [0.25, 0.3) is 0 Å². The van der Waals surface area contributed by atoms with Crippen LogP contribution in [0.15, 0.2) is 18.2 Å². The molecule has 94 valence electrons. The fourth-order valence-corrected chi connectivity index (χ4v) is 2.77. The molecular weight excluding hydrogens is 244 g/mol. The van der Waals surface area contributed by atoms with Crippen LogP contribution in [-0.2, 0) is 5.54 Å². The molecule has 1 aliphatic carbocycles. The Morgan fingerprint density at radius 2 is 1.82 bits per heavy atom. The molecule has 0 saturated heterocycles. The summed E-state index contributed by atoms with van der Waals surface area (Å²) in [5.74, 6) is 0. The van der Waals surface area contributed by atoms with Crippen molar-refractivity contribution in [1.82, 2.24) is 0 Å². The summed E-state index contributed by atoms with van der Waals surface area (Å²) in [6, 6.07) is 4.50. The van der Waals surface area contributed by atoms with Crippen molar-refractivity contribution in [2.45, 2.75) is 44.1 Å². The molecule has 0 unspecified atom stereocenters. The summed E-state index contributed by atoms with van der Waals surface area (Å²) >= 11 is 5.90. The zero-order valence-corrected chi connectivity index (χ0v) is 10.3. The zero-order valence-electron chi connectivity index (χ0n) is 9.56. The van der Waals surface area contributed by atoms with Gasteiger partial charge in [0.1, 0.15) is 0 Å². The van der Waals surface area contributed by atoms with Gasteiger partial charge in [0.15, 0.2) is 0 Å². The minimum atomic E-state index is -2.50. The van der Waals surface area contributed by atoms with Crippen LogP contribution < -0.4 is 5.73 Å². The molecule has 2 rings (SSSR count). The van der Waals surface area contributed by atoms with Gasteiger partial charge < -0.3 is 5.73 Å². The third-order valence-corrected chi connectivity index (χ3v) is 3.77. The van der Waals surface area contributed by atoms with Gasteiger partial charge in [-0.25, -0.2) is 8.78 Å². The molecule has 1 aromatic rings. The summed E-state index contributed by atoms with van der Waals surface area (Å²) in [5, 5.41) is 0.472. The predicted molar refractivity (Wildman–Crippen MR) is 65.4 cm³/mol. The standard InChI is InChI=1S/C13H16ClF2N/c14-9-4-5-10(12(15)16)11(8-9)13(17)6-2-1-3-7-13/h4-5,8,12H,1-3,6-7,17H2. The third kappa shape index (κ3) is 2.61. The molecule has 0 atom stereocenters. The molecule has 0 spiro atoms. The number of alkyl halides is 2. The van der Waals surface area contributed by atoms with E-state index >= 15 is 0 Å². The van der Waals surface area contributed by atoms with Crippen molar-refractivity contribution in [3.63, 3.8) is 0 Å². The summed E-state index contributed by atoms with van der Waals surface area (Å²) in [4.78, 5) is 0. The maximum atomic E-state index is 13.0. The lowest BCUT2D eigenvalue weighted by Gasteiger charge is -2.35. The largest absolute Gasteiger partial charge is 0.321 e. The maximum absolute atomic E-state index is 13.0. The van der Waals surface area contributed by atoms with Crippen LogP contribution >= 0.6 is 11.6 Å². The summed E-state index contributed by atoms with van der Waals surface area (Å²) < 4.78 is 26.0. The van der Waals surface area contributed by atoms with Crippen LogP contribution in [-0.4, -0.2) is 0 Å². The Morgan fingerprint density at radius 1 is 1.18 bits per heavy atom. The van der Waals surface area contributed by atoms with Gasteiger partial charge in [-0.2, -0.15) is 0 Å². The van der Waals surface area contributed by atoms with Gasteiger partial charge in [0, 0.05) is 16.1 Å². The monoisotopic (exact) mass is 259 g/mol. The van der Waals surface area contributed by atoms with Crippen LogP contribution in [0.5, 0.6) is 0 Å². The summed E-state index contributed by atoms with van der Waals surface area (Å²) in [7, 11) is 0. The van der Waals surface area contributed by atoms with Crippen LogP contribution in [0.1, 0.15) is 49.7 Å². The van der Waals surface area contributed by atoms with Crippen molar-refractivity contribution in [2.75, 3.05) is 0 Å². The number of rotatable bonds is 2. The molecule has 0 radical (unpaired) electrons. The summed E-state index contributed by atoms with van der Waals surface area (Å²) in [6.07, 6.45) is 2.13. The molecule has 0 bridgehead atoms. The first-order chi connectivity index (χ1) is 8.03. The van der Waals surface area contributed by atoms with Crippen molar-refractivity contribution in [3.05, 3.63) is 34.3 Å². The molecule has 1 aromatic carbocycles. The van der Waals surface area contributed by atoms with Gasteiger partial charge in [-0.1, -0.05) is 36.9 Å². The number of benzene rings is 1. The Hall–Kier alpha value is -0.670. The van der Waals surface area contributed by atoms with Crippen LogP contribution in [0, 0.1) is 0 Å². The van der Waals surface area contributed by atoms with E-state index in [4.69, 9.17) is 17.3 Å². The van der Waals surface area contributed by atoms with Crippen molar-refractivity contribution in [3.8, 4) is 0 Å². The van der Waals surface area contributed by atoms with Gasteiger partial charge in [0.25, 0.3) is 6.43 Å². The highest BCUT2D eigenvalue weighted by atomic mass is 35.5. The van der Waals surface area contributed by atoms with Gasteiger partial charge in [-0.15, -0.1) is 0 Å². The lowest BCUT2D eigenvalue weighted by molar-refractivity contribution is 0.146. The molecule has 1 fully saturated rings. The molecule has 0 aromatic heterocycles. The first-order valence-corrected chi connectivity index (χ1v) is 6.28. The Bertz CT molecular complexity index is 400. The lowest BCUT2D eigenvalue weighted by atomic mass is 9.76. The highest BCUT2D eigenvalue weighted by Crippen LogP contribution is 2.40. The van der Waals surface area contributed by atoms with Gasteiger partial charge in [-0.05, 0) is 30.5 Å². The smallest absolute Gasteiger partial charge is 0.264 e. The van der Waals surface area contributed by atoms with E-state index in [0.717, 1.165) is 32.1 Å². The fraction of sp³-hybridized carbons (Fsp3) is 0.538. The first kappa shape index (κ1) is 12.8. The molecule has 1 nitrogen and oxygen atoms in total. The van der Waals surface area contributed by atoms with E-state index < -0.39 is 12.0 Å². The Labute approximate surface area is 105 Å². The average Bonchev–Trinajstić information content (AvgIpc) is 2.29. The minimum absolute atomic E-state index is 0.0267. The topological polar surface area (TPSA) is 26.0 Å². The fourth-order valence-electron chi connectivity index (χ4n) is 2.60. The molecule has 0 heterocycles. The lowest BCUT2D eigenvalue weighted by Crippen LogP contribution is -2.39. The Kier molecular flexibility index (Phi) is 3.69. The number of hydrogen-bond donors (Lipinski definition) is 1. The summed E-state index contributed by atoms with van der Waals surface area (Å²) in [6.45, 7) is 0. The second-order valence-electron chi connectivity index (χ2n) is 4.75. The number of halogens is 3. The molecular formula is C13H16ClF2N. The number of nitrogens with two attached hydrogens (primary N) is 1. The molecule has 0 aliphatic heterocycles. The zero-order chi connectivity index (χ0) is 12.5. The quantitative estimate of drug-likeness (QED) is 0.837. The van der Waals surface area contributed by atoms with Crippen molar-refractivity contribution >= 4 is 11.6 Å². The Balaban J connectivity index is 2.44. The SMILES string of the molecule is NC1(c2cc(Cl)ccc2C(F)F)CCCCC1. The van der Waals surface area contributed by atoms with Crippen molar-refractivity contribution in [2.24, 2.45) is 5.73 Å². The van der Waals surface area contributed by atoms with E-state index in [1.54, 1.807) is 6.07 Å². The first-order valence-electron chi connectivity index (χ1n) is 5.90. The minimum Gasteiger partial charge on any atom is -0.321 e. The van der Waals surface area contributed by atoms with Crippen LogP contribution in [0.3, 0.4) is 0 Å². The highest BCUT2D eigenvalue weighted by Gasteiger charge is 2.33. The van der Waals surface area contributed by atoms with Crippen molar-refractivity contribution in [1.29, 1.82) is 0 Å². The highest BCUT2D eigenvalue weighted by molar-refractivity contribution is 6.30. The van der Waals surface area contributed by atoms with Crippen molar-refractivity contribution < 1.29 is 8.78 Å². The van der Waals surface area contributed by atoms with E-state index in [1.165, 1.54) is 12.1 Å². The molecule has 1 saturated carbocycles.